The Labute approximate surface area is 123 Å². The van der Waals surface area contributed by atoms with Crippen molar-refractivity contribution in [3.05, 3.63) is 56.9 Å². The van der Waals surface area contributed by atoms with Crippen molar-refractivity contribution in [2.75, 3.05) is 5.32 Å². The zero-order chi connectivity index (χ0) is 15.6. The second kappa shape index (κ2) is 5.99. The molecule has 1 heterocycles. The molecule has 21 heavy (non-hydrogen) atoms. The van der Waals surface area contributed by atoms with Crippen LogP contribution in [0.4, 0.5) is 5.69 Å². The Morgan fingerprint density at radius 3 is 2.38 bits per heavy atom. The highest BCUT2D eigenvalue weighted by Gasteiger charge is 2.16. The van der Waals surface area contributed by atoms with Crippen molar-refractivity contribution in [1.82, 2.24) is 9.13 Å². The summed E-state index contributed by atoms with van der Waals surface area (Å²) in [6, 6.07) is 9.14. The number of anilines is 1. The van der Waals surface area contributed by atoms with Crippen LogP contribution in [0.15, 0.2) is 39.9 Å². The largest absolute Gasteiger partial charge is 0.377 e. The Balaban J connectivity index is 2.73. The molecule has 1 atom stereocenters. The SMILES string of the molecule is CCC(C)Nc1c(C)n(C)c(=O)n(-c2ccccc2)c1=O. The van der Waals surface area contributed by atoms with Crippen LogP contribution in [0.2, 0.25) is 0 Å². The van der Waals surface area contributed by atoms with Crippen LogP contribution in [-0.4, -0.2) is 15.2 Å². The number of rotatable bonds is 4. The molecule has 5 heteroatoms. The molecule has 0 spiro atoms. The minimum absolute atomic E-state index is 0.165. The molecule has 1 aromatic heterocycles. The van der Waals surface area contributed by atoms with E-state index < -0.39 is 0 Å². The molecule has 0 amide bonds. The minimum atomic E-state index is -0.335. The lowest BCUT2D eigenvalue weighted by Crippen LogP contribution is -2.41. The predicted octanol–water partition coefficient (Wildman–Crippen LogP) is 2.06. The van der Waals surface area contributed by atoms with Crippen molar-refractivity contribution in [3.8, 4) is 5.69 Å². The third kappa shape index (κ3) is 2.77. The van der Waals surface area contributed by atoms with E-state index in [1.165, 1.54) is 9.13 Å². The molecule has 0 bridgehead atoms. The normalized spacial score (nSPS) is 12.2. The highest BCUT2D eigenvalue weighted by atomic mass is 16.2. The van der Waals surface area contributed by atoms with Crippen molar-refractivity contribution < 1.29 is 0 Å². The molecule has 0 aliphatic carbocycles. The van der Waals surface area contributed by atoms with Gasteiger partial charge in [0.2, 0.25) is 0 Å². The first kappa shape index (κ1) is 15.1. The van der Waals surface area contributed by atoms with E-state index >= 15 is 0 Å². The first-order valence-electron chi connectivity index (χ1n) is 7.12. The van der Waals surface area contributed by atoms with Gasteiger partial charge in [-0.15, -0.1) is 0 Å². The van der Waals surface area contributed by atoms with E-state index in [-0.39, 0.29) is 17.3 Å². The molecule has 0 aliphatic heterocycles. The summed E-state index contributed by atoms with van der Waals surface area (Å²) >= 11 is 0. The van der Waals surface area contributed by atoms with Gasteiger partial charge in [-0.05, 0) is 32.4 Å². The first-order chi connectivity index (χ1) is 9.97. The molecular formula is C16H21N3O2. The lowest BCUT2D eigenvalue weighted by molar-refractivity contribution is 0.699. The Morgan fingerprint density at radius 2 is 1.81 bits per heavy atom. The maximum absolute atomic E-state index is 12.7. The van der Waals surface area contributed by atoms with E-state index in [4.69, 9.17) is 0 Å². The molecule has 5 nitrogen and oxygen atoms in total. The average Bonchev–Trinajstić information content (AvgIpc) is 2.50. The average molecular weight is 287 g/mol. The van der Waals surface area contributed by atoms with Crippen LogP contribution in [0.25, 0.3) is 5.69 Å². The van der Waals surface area contributed by atoms with E-state index in [0.717, 1.165) is 6.42 Å². The van der Waals surface area contributed by atoms with Gasteiger partial charge in [-0.25, -0.2) is 9.36 Å². The zero-order valence-electron chi connectivity index (χ0n) is 12.9. The quantitative estimate of drug-likeness (QED) is 0.936. The molecule has 1 N–H and O–H groups in total. The molecule has 2 aromatic rings. The van der Waals surface area contributed by atoms with Gasteiger partial charge in [-0.1, -0.05) is 25.1 Å². The molecule has 0 fully saturated rings. The lowest BCUT2D eigenvalue weighted by Gasteiger charge is -2.18. The second-order valence-electron chi connectivity index (χ2n) is 5.23. The van der Waals surface area contributed by atoms with Crippen LogP contribution in [-0.2, 0) is 7.05 Å². The summed E-state index contributed by atoms with van der Waals surface area (Å²) in [6.07, 6.45) is 0.896. The summed E-state index contributed by atoms with van der Waals surface area (Å²) in [4.78, 5) is 25.1. The number of aromatic nitrogens is 2. The van der Waals surface area contributed by atoms with Gasteiger partial charge >= 0.3 is 5.69 Å². The standard InChI is InChI=1S/C16H21N3O2/c1-5-11(2)17-14-12(3)18(4)16(21)19(15(14)20)13-9-7-6-8-10-13/h6-11,17H,5H2,1-4H3. The Bertz CT molecular complexity index is 745. The number of hydrogen-bond donors (Lipinski definition) is 1. The summed E-state index contributed by atoms with van der Waals surface area (Å²) in [5, 5.41) is 3.21. The van der Waals surface area contributed by atoms with Crippen molar-refractivity contribution in [2.45, 2.75) is 33.2 Å². The van der Waals surface area contributed by atoms with E-state index in [0.29, 0.717) is 17.1 Å². The zero-order valence-corrected chi connectivity index (χ0v) is 12.9. The summed E-state index contributed by atoms with van der Waals surface area (Å²) in [6.45, 7) is 5.84. The summed E-state index contributed by atoms with van der Waals surface area (Å²) in [7, 11) is 1.68. The van der Waals surface area contributed by atoms with Gasteiger partial charge in [-0.3, -0.25) is 9.36 Å². The number of para-hydroxylation sites is 1. The van der Waals surface area contributed by atoms with Crippen LogP contribution in [0.1, 0.15) is 26.0 Å². The highest BCUT2D eigenvalue weighted by molar-refractivity contribution is 5.48. The summed E-state index contributed by atoms with van der Waals surface area (Å²) in [5.41, 5.74) is 1.07. The van der Waals surface area contributed by atoms with Crippen LogP contribution in [0.3, 0.4) is 0 Å². The molecule has 0 aliphatic rings. The molecular weight excluding hydrogens is 266 g/mol. The van der Waals surface area contributed by atoms with Crippen molar-refractivity contribution in [2.24, 2.45) is 7.05 Å². The molecule has 0 saturated heterocycles. The van der Waals surface area contributed by atoms with Gasteiger partial charge in [0.25, 0.3) is 5.56 Å². The van der Waals surface area contributed by atoms with Gasteiger partial charge < -0.3 is 5.32 Å². The van der Waals surface area contributed by atoms with Crippen LogP contribution >= 0.6 is 0 Å². The Kier molecular flexibility index (Phi) is 4.31. The minimum Gasteiger partial charge on any atom is -0.377 e. The Hall–Kier alpha value is -2.30. The summed E-state index contributed by atoms with van der Waals surface area (Å²) < 4.78 is 2.71. The maximum Gasteiger partial charge on any atom is 0.335 e. The maximum atomic E-state index is 12.7. The third-order valence-electron chi connectivity index (χ3n) is 3.78. The fourth-order valence-corrected chi connectivity index (χ4v) is 2.13. The van der Waals surface area contributed by atoms with Gasteiger partial charge in [0.15, 0.2) is 0 Å². The first-order valence-corrected chi connectivity index (χ1v) is 7.12. The number of nitrogens with zero attached hydrogens (tertiary/aromatic N) is 2. The smallest absolute Gasteiger partial charge is 0.335 e. The molecule has 1 aromatic carbocycles. The van der Waals surface area contributed by atoms with Gasteiger partial charge in [0, 0.05) is 18.8 Å². The van der Waals surface area contributed by atoms with Crippen molar-refractivity contribution >= 4 is 5.69 Å². The van der Waals surface area contributed by atoms with E-state index in [1.54, 1.807) is 26.1 Å². The number of hydrogen-bond acceptors (Lipinski definition) is 3. The lowest BCUT2D eigenvalue weighted by atomic mass is 10.2. The molecule has 1 unspecified atom stereocenters. The van der Waals surface area contributed by atoms with Crippen molar-refractivity contribution in [1.29, 1.82) is 0 Å². The van der Waals surface area contributed by atoms with Crippen LogP contribution in [0.5, 0.6) is 0 Å². The topological polar surface area (TPSA) is 56.0 Å². The fraction of sp³-hybridized carbons (Fsp3) is 0.375. The van der Waals surface area contributed by atoms with Crippen LogP contribution in [0, 0.1) is 6.92 Å². The fourth-order valence-electron chi connectivity index (χ4n) is 2.13. The molecule has 0 radical (unpaired) electrons. The van der Waals surface area contributed by atoms with E-state index in [9.17, 15) is 9.59 Å². The Morgan fingerprint density at radius 1 is 1.19 bits per heavy atom. The van der Waals surface area contributed by atoms with Crippen molar-refractivity contribution in [3.63, 3.8) is 0 Å². The molecule has 0 saturated carbocycles. The number of benzene rings is 1. The predicted molar refractivity (Wildman–Crippen MR) is 85.4 cm³/mol. The highest BCUT2D eigenvalue weighted by Crippen LogP contribution is 2.11. The van der Waals surface area contributed by atoms with E-state index in [1.807, 2.05) is 32.0 Å². The second-order valence-corrected chi connectivity index (χ2v) is 5.23. The van der Waals surface area contributed by atoms with E-state index in [2.05, 4.69) is 5.32 Å². The third-order valence-corrected chi connectivity index (χ3v) is 3.78. The number of nitrogens with one attached hydrogen (secondary N) is 1. The van der Waals surface area contributed by atoms with Gasteiger partial charge in [-0.2, -0.15) is 0 Å². The monoisotopic (exact) mass is 287 g/mol. The van der Waals surface area contributed by atoms with Crippen LogP contribution < -0.4 is 16.6 Å². The van der Waals surface area contributed by atoms with Gasteiger partial charge in [0.05, 0.1) is 5.69 Å². The molecule has 2 rings (SSSR count). The molecule has 112 valence electrons. The van der Waals surface area contributed by atoms with Gasteiger partial charge in [0.1, 0.15) is 5.69 Å². The summed E-state index contributed by atoms with van der Waals surface area (Å²) in [5.74, 6) is 0.